The number of nitrogens with two attached hydrogens (primary N) is 1. The van der Waals surface area contributed by atoms with Crippen molar-refractivity contribution in [1.82, 2.24) is 9.97 Å². The molecule has 88 valence electrons. The maximum absolute atomic E-state index is 5.58. The summed E-state index contributed by atoms with van der Waals surface area (Å²) in [5, 5.41) is 0. The van der Waals surface area contributed by atoms with Crippen molar-refractivity contribution in [2.24, 2.45) is 5.73 Å². The van der Waals surface area contributed by atoms with Gasteiger partial charge in [0, 0.05) is 17.6 Å². The normalized spacial score (nSPS) is 10.2. The molecule has 17 heavy (non-hydrogen) atoms. The molecular weight excluding hydrogens is 234 g/mol. The van der Waals surface area contributed by atoms with Crippen molar-refractivity contribution in [3.8, 4) is 11.6 Å². The van der Waals surface area contributed by atoms with E-state index >= 15 is 0 Å². The Morgan fingerprint density at radius 1 is 1.24 bits per heavy atom. The number of hydrogen-bond donors (Lipinski definition) is 1. The van der Waals surface area contributed by atoms with Gasteiger partial charge in [-0.3, -0.25) is 4.98 Å². The van der Waals surface area contributed by atoms with E-state index in [9.17, 15) is 0 Å². The second-order valence-corrected chi connectivity index (χ2v) is 4.21. The van der Waals surface area contributed by atoms with Crippen LogP contribution in [0.1, 0.15) is 5.69 Å². The number of aromatic nitrogens is 2. The zero-order chi connectivity index (χ0) is 12.1. The molecule has 5 heteroatoms. The van der Waals surface area contributed by atoms with Gasteiger partial charge in [0.2, 0.25) is 5.88 Å². The summed E-state index contributed by atoms with van der Waals surface area (Å²) >= 11 is 1.69. The minimum absolute atomic E-state index is 0.357. The molecule has 1 heterocycles. The molecule has 2 aromatic rings. The molecule has 0 bridgehead atoms. The lowest BCUT2D eigenvalue weighted by Crippen LogP contribution is -2.01. The van der Waals surface area contributed by atoms with Gasteiger partial charge in [-0.05, 0) is 30.5 Å². The first-order chi connectivity index (χ1) is 8.31. The summed E-state index contributed by atoms with van der Waals surface area (Å²) in [6.45, 7) is 0.357. The zero-order valence-corrected chi connectivity index (χ0v) is 10.3. The highest BCUT2D eigenvalue weighted by atomic mass is 32.2. The standard InChI is InChI=1S/C12H13N3OS/c1-17-11-4-2-10(3-5-11)16-12-8-14-7-9(6-13)15-12/h2-5,7-8H,6,13H2,1H3. The number of ether oxygens (including phenoxy) is 1. The van der Waals surface area contributed by atoms with Crippen LogP contribution >= 0.6 is 11.8 Å². The predicted molar refractivity (Wildman–Crippen MR) is 68.2 cm³/mol. The van der Waals surface area contributed by atoms with Gasteiger partial charge in [0.05, 0.1) is 11.9 Å². The van der Waals surface area contributed by atoms with Gasteiger partial charge < -0.3 is 10.5 Å². The van der Waals surface area contributed by atoms with E-state index in [2.05, 4.69) is 9.97 Å². The summed E-state index contributed by atoms with van der Waals surface area (Å²) in [5.74, 6) is 1.20. The molecule has 0 fully saturated rings. The Labute approximate surface area is 104 Å². The lowest BCUT2D eigenvalue weighted by molar-refractivity contribution is 0.457. The van der Waals surface area contributed by atoms with E-state index in [1.165, 1.54) is 4.90 Å². The fourth-order valence-electron chi connectivity index (χ4n) is 1.30. The van der Waals surface area contributed by atoms with E-state index in [1.807, 2.05) is 30.5 Å². The highest BCUT2D eigenvalue weighted by Crippen LogP contribution is 2.22. The molecule has 0 aliphatic carbocycles. The summed E-state index contributed by atoms with van der Waals surface area (Å²) in [4.78, 5) is 9.42. The lowest BCUT2D eigenvalue weighted by Gasteiger charge is -2.05. The number of nitrogens with zero attached hydrogens (tertiary/aromatic N) is 2. The summed E-state index contributed by atoms with van der Waals surface area (Å²) in [5.41, 5.74) is 6.20. The van der Waals surface area contributed by atoms with Gasteiger partial charge in [0.25, 0.3) is 0 Å². The van der Waals surface area contributed by atoms with E-state index in [0.717, 1.165) is 5.75 Å². The maximum Gasteiger partial charge on any atom is 0.238 e. The quantitative estimate of drug-likeness (QED) is 0.841. The molecule has 0 radical (unpaired) electrons. The van der Waals surface area contributed by atoms with Crippen LogP contribution in [-0.2, 0) is 6.54 Å². The molecule has 1 aromatic carbocycles. The van der Waals surface area contributed by atoms with Gasteiger partial charge >= 0.3 is 0 Å². The second-order valence-electron chi connectivity index (χ2n) is 3.33. The van der Waals surface area contributed by atoms with Gasteiger partial charge in [0.1, 0.15) is 5.75 Å². The summed E-state index contributed by atoms with van der Waals surface area (Å²) in [6, 6.07) is 7.81. The Hall–Kier alpha value is -1.59. The third-order valence-corrected chi connectivity index (χ3v) is 2.90. The third-order valence-electron chi connectivity index (χ3n) is 2.15. The maximum atomic E-state index is 5.58. The molecule has 4 nitrogen and oxygen atoms in total. The minimum atomic E-state index is 0.357. The van der Waals surface area contributed by atoms with Crippen molar-refractivity contribution < 1.29 is 4.74 Å². The van der Waals surface area contributed by atoms with E-state index in [4.69, 9.17) is 10.5 Å². The molecule has 0 amide bonds. The largest absolute Gasteiger partial charge is 0.437 e. The Kier molecular flexibility index (Phi) is 3.95. The molecule has 0 aliphatic rings. The Morgan fingerprint density at radius 3 is 2.65 bits per heavy atom. The first-order valence-electron chi connectivity index (χ1n) is 5.14. The van der Waals surface area contributed by atoms with E-state index in [-0.39, 0.29) is 0 Å². The van der Waals surface area contributed by atoms with Crippen LogP contribution in [0, 0.1) is 0 Å². The van der Waals surface area contributed by atoms with Crippen LogP contribution in [0.3, 0.4) is 0 Å². The van der Waals surface area contributed by atoms with E-state index in [1.54, 1.807) is 24.2 Å². The number of hydrogen-bond acceptors (Lipinski definition) is 5. The SMILES string of the molecule is CSc1ccc(Oc2cncc(CN)n2)cc1. The number of thioether (sulfide) groups is 1. The highest BCUT2D eigenvalue weighted by molar-refractivity contribution is 7.98. The van der Waals surface area contributed by atoms with Crippen molar-refractivity contribution in [3.63, 3.8) is 0 Å². The Bertz CT molecular complexity index is 487. The van der Waals surface area contributed by atoms with Crippen LogP contribution in [0.25, 0.3) is 0 Å². The van der Waals surface area contributed by atoms with E-state index in [0.29, 0.717) is 18.1 Å². The molecule has 0 aliphatic heterocycles. The number of rotatable bonds is 4. The minimum Gasteiger partial charge on any atom is -0.437 e. The molecule has 0 spiro atoms. The monoisotopic (exact) mass is 247 g/mol. The third kappa shape index (κ3) is 3.18. The fraction of sp³-hybridized carbons (Fsp3) is 0.167. The summed E-state index contributed by atoms with van der Waals surface area (Å²) in [6.07, 6.45) is 5.23. The fourth-order valence-corrected chi connectivity index (χ4v) is 1.71. The first-order valence-corrected chi connectivity index (χ1v) is 6.37. The molecule has 0 saturated heterocycles. The van der Waals surface area contributed by atoms with Crippen LogP contribution in [0.15, 0.2) is 41.6 Å². The Morgan fingerprint density at radius 2 is 2.00 bits per heavy atom. The first kappa shape index (κ1) is 11.9. The van der Waals surface area contributed by atoms with Gasteiger partial charge in [-0.1, -0.05) is 0 Å². The van der Waals surface area contributed by atoms with E-state index < -0.39 is 0 Å². The molecule has 0 saturated carbocycles. The van der Waals surface area contributed by atoms with Crippen molar-refractivity contribution in [2.45, 2.75) is 11.4 Å². The average molecular weight is 247 g/mol. The van der Waals surface area contributed by atoms with Crippen molar-refractivity contribution in [3.05, 3.63) is 42.4 Å². The van der Waals surface area contributed by atoms with Gasteiger partial charge in [-0.25, -0.2) is 4.98 Å². The molecule has 2 rings (SSSR count). The van der Waals surface area contributed by atoms with Gasteiger partial charge in [-0.15, -0.1) is 11.8 Å². The van der Waals surface area contributed by atoms with Crippen LogP contribution in [0.4, 0.5) is 0 Å². The van der Waals surface area contributed by atoms with Crippen LogP contribution in [-0.4, -0.2) is 16.2 Å². The van der Waals surface area contributed by atoms with Crippen LogP contribution in [0.5, 0.6) is 11.6 Å². The topological polar surface area (TPSA) is 61.0 Å². The van der Waals surface area contributed by atoms with Crippen LogP contribution in [0.2, 0.25) is 0 Å². The van der Waals surface area contributed by atoms with Crippen molar-refractivity contribution in [1.29, 1.82) is 0 Å². The zero-order valence-electron chi connectivity index (χ0n) is 9.46. The van der Waals surface area contributed by atoms with Gasteiger partial charge in [-0.2, -0.15) is 0 Å². The smallest absolute Gasteiger partial charge is 0.238 e. The molecule has 1 aromatic heterocycles. The second kappa shape index (κ2) is 5.65. The molecule has 0 unspecified atom stereocenters. The lowest BCUT2D eigenvalue weighted by atomic mass is 10.3. The molecule has 0 atom stereocenters. The van der Waals surface area contributed by atoms with Crippen molar-refractivity contribution >= 4 is 11.8 Å². The molecule has 2 N–H and O–H groups in total. The average Bonchev–Trinajstić information content (AvgIpc) is 2.40. The summed E-state index contributed by atoms with van der Waals surface area (Å²) in [7, 11) is 0. The predicted octanol–water partition coefficient (Wildman–Crippen LogP) is 2.45. The summed E-state index contributed by atoms with van der Waals surface area (Å²) < 4.78 is 5.58. The van der Waals surface area contributed by atoms with Crippen molar-refractivity contribution in [2.75, 3.05) is 6.26 Å². The number of benzene rings is 1. The Balaban J connectivity index is 2.13. The van der Waals surface area contributed by atoms with Gasteiger partial charge in [0.15, 0.2) is 0 Å². The molecular formula is C12H13N3OS. The highest BCUT2D eigenvalue weighted by Gasteiger charge is 2.00. The van der Waals surface area contributed by atoms with Crippen LogP contribution < -0.4 is 10.5 Å².